The third-order valence-electron chi connectivity index (χ3n) is 4.68. The number of nitrogens with one attached hydrogen (secondary N) is 1. The predicted molar refractivity (Wildman–Crippen MR) is 118 cm³/mol. The molecule has 6 heteroatoms. The van der Waals surface area contributed by atoms with Crippen LogP contribution in [0.5, 0.6) is 5.75 Å². The number of hydrogen-bond donors (Lipinski definition) is 1. The van der Waals surface area contributed by atoms with Crippen LogP contribution in [0.4, 0.5) is 5.13 Å². The van der Waals surface area contributed by atoms with E-state index in [2.05, 4.69) is 36.3 Å². The zero-order chi connectivity index (χ0) is 20.8. The number of hydrogen-bond acceptors (Lipinski definition) is 5. The number of carbonyl (C=O) groups is 1. The molecular formula is C23H23N3O2S. The van der Waals surface area contributed by atoms with Crippen LogP contribution < -0.4 is 10.1 Å². The lowest BCUT2D eigenvalue weighted by atomic mass is 9.99. The van der Waals surface area contributed by atoms with Crippen molar-refractivity contribution in [2.75, 3.05) is 11.9 Å². The van der Waals surface area contributed by atoms with Gasteiger partial charge in [-0.05, 0) is 60.7 Å². The number of amides is 1. The van der Waals surface area contributed by atoms with Gasteiger partial charge < -0.3 is 4.74 Å². The van der Waals surface area contributed by atoms with Crippen LogP contribution in [-0.4, -0.2) is 17.5 Å². The van der Waals surface area contributed by atoms with E-state index in [4.69, 9.17) is 4.74 Å². The van der Waals surface area contributed by atoms with Gasteiger partial charge >= 0.3 is 0 Å². The lowest BCUT2D eigenvalue weighted by Gasteiger charge is -2.07. The Morgan fingerprint density at radius 2 is 2.03 bits per heavy atom. The fourth-order valence-corrected chi connectivity index (χ4v) is 3.75. The van der Waals surface area contributed by atoms with Gasteiger partial charge in [0.1, 0.15) is 17.4 Å². The molecule has 0 radical (unpaired) electrons. The second kappa shape index (κ2) is 9.35. The van der Waals surface area contributed by atoms with Crippen LogP contribution in [0.25, 0.3) is 16.3 Å². The van der Waals surface area contributed by atoms with Gasteiger partial charge in [-0.2, -0.15) is 5.26 Å². The van der Waals surface area contributed by atoms with Crippen molar-refractivity contribution in [3.05, 3.63) is 59.2 Å². The standard InChI is InChI=1S/C23H23N3O2S/c1-4-15(3)17-8-11-20-21(13-17)29-23(25-20)26-22(27)18(14-24)12-16-6-9-19(10-7-16)28-5-2/h6-13,15H,4-5H2,1-3H3,(H,25,26,27)/b18-12+. The summed E-state index contributed by atoms with van der Waals surface area (Å²) < 4.78 is 6.43. The van der Waals surface area contributed by atoms with Gasteiger partial charge in [0.2, 0.25) is 0 Å². The van der Waals surface area contributed by atoms with Crippen molar-refractivity contribution in [3.63, 3.8) is 0 Å². The molecule has 0 aliphatic carbocycles. The van der Waals surface area contributed by atoms with Gasteiger partial charge in [0.05, 0.1) is 16.8 Å². The van der Waals surface area contributed by atoms with Gasteiger partial charge in [0.15, 0.2) is 5.13 Å². The summed E-state index contributed by atoms with van der Waals surface area (Å²) in [5.41, 5.74) is 2.87. The molecule has 2 aromatic carbocycles. The number of nitriles is 1. The van der Waals surface area contributed by atoms with Crippen LogP contribution >= 0.6 is 11.3 Å². The second-order valence-corrected chi connectivity index (χ2v) is 7.71. The average Bonchev–Trinajstić information content (AvgIpc) is 3.14. The van der Waals surface area contributed by atoms with Crippen molar-refractivity contribution >= 4 is 38.7 Å². The zero-order valence-corrected chi connectivity index (χ0v) is 17.5. The van der Waals surface area contributed by atoms with E-state index in [1.54, 1.807) is 6.08 Å². The van der Waals surface area contributed by atoms with Gasteiger partial charge in [-0.3, -0.25) is 10.1 Å². The van der Waals surface area contributed by atoms with E-state index < -0.39 is 5.91 Å². The van der Waals surface area contributed by atoms with Crippen molar-refractivity contribution in [3.8, 4) is 11.8 Å². The number of benzene rings is 2. The number of aromatic nitrogens is 1. The first-order valence-corrected chi connectivity index (χ1v) is 10.4. The number of fused-ring (bicyclic) bond motifs is 1. The summed E-state index contributed by atoms with van der Waals surface area (Å²) >= 11 is 1.41. The predicted octanol–water partition coefficient (Wildman–Crippen LogP) is 5.75. The Kier molecular flexibility index (Phi) is 6.63. The molecule has 29 heavy (non-hydrogen) atoms. The SMILES string of the molecule is CCOc1ccc(/C=C(\C#N)C(=O)Nc2nc3ccc(C(C)CC)cc3s2)cc1. The Bertz CT molecular complexity index is 1080. The summed E-state index contributed by atoms with van der Waals surface area (Å²) in [6.45, 7) is 6.85. The first kappa shape index (κ1) is 20.6. The smallest absolute Gasteiger partial charge is 0.268 e. The number of thiazole rings is 1. The highest BCUT2D eigenvalue weighted by atomic mass is 32.1. The van der Waals surface area contributed by atoms with E-state index in [9.17, 15) is 10.1 Å². The topological polar surface area (TPSA) is 75.0 Å². The summed E-state index contributed by atoms with van der Waals surface area (Å²) in [7, 11) is 0. The molecule has 1 N–H and O–H groups in total. The molecule has 0 aliphatic rings. The minimum atomic E-state index is -0.470. The molecule has 5 nitrogen and oxygen atoms in total. The van der Waals surface area contributed by atoms with Crippen molar-refractivity contribution in [2.24, 2.45) is 0 Å². The van der Waals surface area contributed by atoms with Crippen LogP contribution in [0, 0.1) is 11.3 Å². The third-order valence-corrected chi connectivity index (χ3v) is 5.62. The van der Waals surface area contributed by atoms with E-state index in [0.717, 1.165) is 28.0 Å². The second-order valence-electron chi connectivity index (χ2n) is 6.68. The lowest BCUT2D eigenvalue weighted by molar-refractivity contribution is -0.112. The quantitative estimate of drug-likeness (QED) is 0.401. The highest BCUT2D eigenvalue weighted by Gasteiger charge is 2.13. The Morgan fingerprint density at radius 3 is 2.69 bits per heavy atom. The van der Waals surface area contributed by atoms with Crippen LogP contribution in [0.3, 0.4) is 0 Å². The van der Waals surface area contributed by atoms with Gasteiger partial charge in [0, 0.05) is 0 Å². The van der Waals surface area contributed by atoms with Gasteiger partial charge in [-0.25, -0.2) is 4.98 Å². The molecule has 3 rings (SSSR count). The first-order valence-electron chi connectivity index (χ1n) is 9.60. The number of nitrogens with zero attached hydrogens (tertiary/aromatic N) is 2. The summed E-state index contributed by atoms with van der Waals surface area (Å²) in [4.78, 5) is 17.0. The van der Waals surface area contributed by atoms with Crippen molar-refractivity contribution in [1.29, 1.82) is 5.26 Å². The first-order chi connectivity index (χ1) is 14.0. The highest BCUT2D eigenvalue weighted by Crippen LogP contribution is 2.30. The molecule has 0 saturated heterocycles. The van der Waals surface area contributed by atoms with E-state index in [1.807, 2.05) is 43.3 Å². The Hall–Kier alpha value is -3.17. The molecule has 0 aliphatic heterocycles. The van der Waals surface area contributed by atoms with Crippen LogP contribution in [0.2, 0.25) is 0 Å². The molecule has 1 atom stereocenters. The number of rotatable bonds is 7. The van der Waals surface area contributed by atoms with Crippen molar-refractivity contribution in [2.45, 2.75) is 33.1 Å². The highest BCUT2D eigenvalue weighted by molar-refractivity contribution is 7.22. The average molecular weight is 406 g/mol. The lowest BCUT2D eigenvalue weighted by Crippen LogP contribution is -2.13. The molecule has 1 unspecified atom stereocenters. The van der Waals surface area contributed by atoms with Crippen LogP contribution in [0.1, 0.15) is 44.2 Å². The third kappa shape index (κ3) is 5.01. The van der Waals surface area contributed by atoms with E-state index in [1.165, 1.54) is 16.9 Å². The molecule has 148 valence electrons. The summed E-state index contributed by atoms with van der Waals surface area (Å²) in [6, 6.07) is 15.4. The van der Waals surface area contributed by atoms with Gasteiger partial charge in [0.25, 0.3) is 5.91 Å². The fraction of sp³-hybridized carbons (Fsp3) is 0.261. The minimum Gasteiger partial charge on any atom is -0.494 e. The zero-order valence-electron chi connectivity index (χ0n) is 16.7. The summed E-state index contributed by atoms with van der Waals surface area (Å²) in [5.74, 6) is 0.753. The molecular weight excluding hydrogens is 382 g/mol. The van der Waals surface area contributed by atoms with E-state index in [0.29, 0.717) is 17.7 Å². The van der Waals surface area contributed by atoms with Crippen LogP contribution in [0.15, 0.2) is 48.0 Å². The maximum Gasteiger partial charge on any atom is 0.268 e. The fourth-order valence-electron chi connectivity index (χ4n) is 2.84. The maximum absolute atomic E-state index is 12.6. The molecule has 0 spiro atoms. The van der Waals surface area contributed by atoms with Gasteiger partial charge in [-0.1, -0.05) is 43.4 Å². The van der Waals surface area contributed by atoms with Crippen molar-refractivity contribution in [1.82, 2.24) is 4.98 Å². The maximum atomic E-state index is 12.6. The number of anilines is 1. The molecule has 1 heterocycles. The Morgan fingerprint density at radius 1 is 1.28 bits per heavy atom. The Balaban J connectivity index is 1.77. The molecule has 1 amide bonds. The Labute approximate surface area is 174 Å². The number of carbonyl (C=O) groups excluding carboxylic acids is 1. The van der Waals surface area contributed by atoms with Crippen LogP contribution in [-0.2, 0) is 4.79 Å². The van der Waals surface area contributed by atoms with Crippen molar-refractivity contribution < 1.29 is 9.53 Å². The number of ether oxygens (including phenoxy) is 1. The summed E-state index contributed by atoms with van der Waals surface area (Å²) in [6.07, 6.45) is 2.62. The normalized spacial score (nSPS) is 12.4. The van der Waals surface area contributed by atoms with E-state index in [-0.39, 0.29) is 5.57 Å². The largest absolute Gasteiger partial charge is 0.494 e. The summed E-state index contributed by atoms with van der Waals surface area (Å²) in [5, 5.41) is 12.7. The molecule has 0 fully saturated rings. The molecule has 3 aromatic rings. The van der Waals surface area contributed by atoms with E-state index >= 15 is 0 Å². The monoisotopic (exact) mass is 405 g/mol. The van der Waals surface area contributed by atoms with Gasteiger partial charge in [-0.15, -0.1) is 0 Å². The molecule has 1 aromatic heterocycles. The minimum absolute atomic E-state index is 0.0220. The molecule has 0 bridgehead atoms. The molecule has 0 saturated carbocycles.